The van der Waals surface area contributed by atoms with E-state index in [-0.39, 0.29) is 11.9 Å². The second-order valence-corrected chi connectivity index (χ2v) is 7.33. The molecule has 0 fully saturated rings. The van der Waals surface area contributed by atoms with Crippen LogP contribution in [0.4, 0.5) is 4.39 Å². The highest BCUT2D eigenvalue weighted by Gasteiger charge is 2.23. The average molecular weight is 381 g/mol. The van der Waals surface area contributed by atoms with Crippen LogP contribution in [0.15, 0.2) is 50.1 Å². The molecule has 0 saturated heterocycles. The molecule has 0 amide bonds. The molecule has 0 aromatic heterocycles. The molecule has 1 aromatic rings. The Morgan fingerprint density at radius 1 is 1.41 bits per heavy atom. The molecule has 116 valence electrons. The summed E-state index contributed by atoms with van der Waals surface area (Å²) in [6, 6.07) is 5.28. The van der Waals surface area contributed by atoms with Gasteiger partial charge >= 0.3 is 0 Å². The zero-order valence-electron chi connectivity index (χ0n) is 12.4. The second-order valence-electron chi connectivity index (χ2n) is 5.59. The third kappa shape index (κ3) is 3.46. The SMILES string of the molecule is CC1C=CSC(C2=NCC[C@H](c3cccc(F)c3Br)N2)=CC1. The van der Waals surface area contributed by atoms with Gasteiger partial charge in [-0.2, -0.15) is 0 Å². The highest BCUT2D eigenvalue weighted by atomic mass is 79.9. The Morgan fingerprint density at radius 2 is 2.27 bits per heavy atom. The highest BCUT2D eigenvalue weighted by Crippen LogP contribution is 2.32. The molecule has 0 radical (unpaired) electrons. The first kappa shape index (κ1) is 15.8. The molecule has 0 bridgehead atoms. The van der Waals surface area contributed by atoms with Crippen LogP contribution in [0.25, 0.3) is 0 Å². The van der Waals surface area contributed by atoms with Crippen molar-refractivity contribution in [1.82, 2.24) is 5.32 Å². The van der Waals surface area contributed by atoms with E-state index in [1.54, 1.807) is 17.8 Å². The summed E-state index contributed by atoms with van der Waals surface area (Å²) in [6.07, 6.45) is 6.35. The smallest absolute Gasteiger partial charge is 0.137 e. The van der Waals surface area contributed by atoms with Gasteiger partial charge in [-0.25, -0.2) is 4.39 Å². The van der Waals surface area contributed by atoms with Crippen LogP contribution in [0.5, 0.6) is 0 Å². The Kier molecular flexibility index (Phi) is 5.03. The zero-order chi connectivity index (χ0) is 15.5. The molecule has 5 heteroatoms. The lowest BCUT2D eigenvalue weighted by molar-refractivity contribution is 0.558. The Bertz CT molecular complexity index is 654. The summed E-state index contributed by atoms with van der Waals surface area (Å²) in [6.45, 7) is 2.96. The van der Waals surface area contributed by atoms with Crippen LogP contribution in [0, 0.1) is 11.7 Å². The molecular weight excluding hydrogens is 363 g/mol. The van der Waals surface area contributed by atoms with E-state index < -0.39 is 0 Å². The number of benzene rings is 1. The maximum Gasteiger partial charge on any atom is 0.137 e. The molecule has 1 unspecified atom stereocenters. The number of aliphatic imine (C=N–C) groups is 1. The molecule has 2 nitrogen and oxygen atoms in total. The number of rotatable bonds is 2. The van der Waals surface area contributed by atoms with Crippen LogP contribution in [0.3, 0.4) is 0 Å². The molecule has 0 saturated carbocycles. The van der Waals surface area contributed by atoms with Crippen LogP contribution >= 0.6 is 27.7 Å². The van der Waals surface area contributed by atoms with Gasteiger partial charge in [0.05, 0.1) is 10.5 Å². The van der Waals surface area contributed by atoms with E-state index in [1.165, 1.54) is 6.07 Å². The van der Waals surface area contributed by atoms with Crippen molar-refractivity contribution in [2.75, 3.05) is 6.54 Å². The minimum atomic E-state index is -0.219. The average Bonchev–Trinajstić information content (AvgIpc) is 2.75. The number of halogens is 2. The van der Waals surface area contributed by atoms with E-state index in [2.05, 4.69) is 50.7 Å². The fourth-order valence-electron chi connectivity index (χ4n) is 2.58. The third-order valence-electron chi connectivity index (χ3n) is 3.87. The molecule has 0 aliphatic carbocycles. The first-order valence-electron chi connectivity index (χ1n) is 7.44. The van der Waals surface area contributed by atoms with Gasteiger partial charge < -0.3 is 5.32 Å². The molecule has 2 aliphatic heterocycles. The molecule has 1 N–H and O–H groups in total. The van der Waals surface area contributed by atoms with Gasteiger partial charge in [0.1, 0.15) is 11.7 Å². The molecule has 0 spiro atoms. The van der Waals surface area contributed by atoms with E-state index in [9.17, 15) is 4.39 Å². The third-order valence-corrected chi connectivity index (χ3v) is 5.61. The Labute approximate surface area is 143 Å². The van der Waals surface area contributed by atoms with Crippen molar-refractivity contribution in [2.24, 2.45) is 10.9 Å². The normalized spacial score (nSPS) is 25.0. The monoisotopic (exact) mass is 380 g/mol. The van der Waals surface area contributed by atoms with Crippen molar-refractivity contribution in [2.45, 2.75) is 25.8 Å². The number of allylic oxidation sites excluding steroid dienone is 2. The van der Waals surface area contributed by atoms with E-state index in [1.807, 2.05) is 6.07 Å². The first-order chi connectivity index (χ1) is 10.6. The minimum Gasteiger partial charge on any atom is -0.363 e. The molecular formula is C17H18BrFN2S. The maximum absolute atomic E-state index is 13.8. The predicted molar refractivity (Wildman–Crippen MR) is 95.5 cm³/mol. The first-order valence-corrected chi connectivity index (χ1v) is 9.11. The number of nitrogens with one attached hydrogen (secondary N) is 1. The molecule has 22 heavy (non-hydrogen) atoms. The van der Waals surface area contributed by atoms with Crippen molar-refractivity contribution in [3.63, 3.8) is 0 Å². The van der Waals surface area contributed by atoms with Crippen LogP contribution in [0.2, 0.25) is 0 Å². The lowest BCUT2D eigenvalue weighted by Gasteiger charge is -2.26. The fourth-order valence-corrected chi connectivity index (χ4v) is 4.04. The summed E-state index contributed by atoms with van der Waals surface area (Å²) < 4.78 is 14.3. The zero-order valence-corrected chi connectivity index (χ0v) is 14.8. The standard InChI is InChI=1S/C17H18BrFN2S/c1-11-5-6-15(22-10-8-11)17-20-9-7-14(21-17)12-3-2-4-13(19)16(12)18/h2-4,6,8,10-11,14H,5,7,9H2,1H3,(H,20,21)/t11?,14-/m1/s1. The lowest BCUT2D eigenvalue weighted by atomic mass is 10.0. The summed E-state index contributed by atoms with van der Waals surface area (Å²) >= 11 is 5.07. The number of amidine groups is 1. The van der Waals surface area contributed by atoms with Gasteiger partial charge in [0.15, 0.2) is 0 Å². The summed E-state index contributed by atoms with van der Waals surface area (Å²) in [5.41, 5.74) is 0.954. The van der Waals surface area contributed by atoms with Gasteiger partial charge in [0.2, 0.25) is 0 Å². The van der Waals surface area contributed by atoms with Crippen molar-refractivity contribution in [3.05, 3.63) is 56.5 Å². The van der Waals surface area contributed by atoms with Crippen molar-refractivity contribution in [1.29, 1.82) is 0 Å². The Morgan fingerprint density at radius 3 is 3.14 bits per heavy atom. The largest absolute Gasteiger partial charge is 0.363 e. The highest BCUT2D eigenvalue weighted by molar-refractivity contribution is 9.10. The van der Waals surface area contributed by atoms with Crippen molar-refractivity contribution < 1.29 is 4.39 Å². The Hall–Kier alpha value is -1.07. The number of hydrogen-bond acceptors (Lipinski definition) is 3. The quantitative estimate of drug-likeness (QED) is 0.762. The maximum atomic E-state index is 13.8. The van der Waals surface area contributed by atoms with Gasteiger partial charge in [-0.15, -0.1) is 0 Å². The minimum absolute atomic E-state index is 0.0868. The van der Waals surface area contributed by atoms with Crippen molar-refractivity contribution in [3.8, 4) is 0 Å². The number of nitrogens with zero attached hydrogens (tertiary/aromatic N) is 1. The van der Waals surface area contributed by atoms with Crippen LogP contribution in [-0.2, 0) is 0 Å². The summed E-state index contributed by atoms with van der Waals surface area (Å²) in [4.78, 5) is 5.79. The van der Waals surface area contributed by atoms with Crippen molar-refractivity contribution >= 4 is 33.5 Å². The summed E-state index contributed by atoms with van der Waals surface area (Å²) in [7, 11) is 0. The van der Waals surface area contributed by atoms with Crippen LogP contribution < -0.4 is 5.32 Å². The van der Waals surface area contributed by atoms with Crippen LogP contribution in [0.1, 0.15) is 31.4 Å². The van der Waals surface area contributed by atoms with E-state index >= 15 is 0 Å². The van der Waals surface area contributed by atoms with E-state index in [4.69, 9.17) is 0 Å². The number of hydrogen-bond donors (Lipinski definition) is 1. The van der Waals surface area contributed by atoms with Gasteiger partial charge in [0.25, 0.3) is 0 Å². The lowest BCUT2D eigenvalue weighted by Crippen LogP contribution is -2.34. The molecule has 3 rings (SSSR count). The van der Waals surface area contributed by atoms with Gasteiger partial charge in [-0.3, -0.25) is 4.99 Å². The molecule has 1 aromatic carbocycles. The molecule has 2 atom stereocenters. The predicted octanol–water partition coefficient (Wildman–Crippen LogP) is 5.19. The van der Waals surface area contributed by atoms with Gasteiger partial charge in [0, 0.05) is 11.4 Å². The van der Waals surface area contributed by atoms with E-state index in [0.717, 1.165) is 35.7 Å². The van der Waals surface area contributed by atoms with Crippen LogP contribution in [-0.4, -0.2) is 12.4 Å². The summed E-state index contributed by atoms with van der Waals surface area (Å²) in [5, 5.41) is 5.61. The summed E-state index contributed by atoms with van der Waals surface area (Å²) in [5.74, 6) is 1.27. The molecule has 2 heterocycles. The van der Waals surface area contributed by atoms with Gasteiger partial charge in [-0.1, -0.05) is 43.0 Å². The van der Waals surface area contributed by atoms with Gasteiger partial charge in [-0.05, 0) is 51.7 Å². The number of thioether (sulfide) groups is 1. The Balaban J connectivity index is 1.81. The van der Waals surface area contributed by atoms with E-state index in [0.29, 0.717) is 10.4 Å². The molecule has 2 aliphatic rings. The fraction of sp³-hybridized carbons (Fsp3) is 0.353. The topological polar surface area (TPSA) is 24.4 Å². The second kappa shape index (κ2) is 7.01.